The topological polar surface area (TPSA) is 208 Å². The second kappa shape index (κ2) is 17.4. The lowest BCUT2D eigenvalue weighted by Crippen LogP contribution is -2.54. The molecule has 5 aromatic rings. The highest BCUT2D eigenvalue weighted by Crippen LogP contribution is 2.35. The first-order valence-electron chi connectivity index (χ1n) is 18.8. The Hall–Kier alpha value is -6.07. The van der Waals surface area contributed by atoms with Gasteiger partial charge in [-0.1, -0.05) is 48.5 Å². The largest absolute Gasteiger partial charge is 0.465 e. The van der Waals surface area contributed by atoms with Gasteiger partial charge in [-0.3, -0.25) is 9.59 Å². The molecule has 17 heteroatoms. The number of imidazole rings is 2. The summed E-state index contributed by atoms with van der Waals surface area (Å²) in [5.41, 5.74) is 7.91. The molecule has 0 saturated carbocycles. The van der Waals surface area contributed by atoms with Crippen LogP contribution in [0.25, 0.3) is 33.6 Å². The first-order chi connectivity index (χ1) is 27.6. The first-order valence-corrected chi connectivity index (χ1v) is 19.7. The summed E-state index contributed by atoms with van der Waals surface area (Å²) >= 11 is 1.40. The molecule has 298 valence electrons. The van der Waals surface area contributed by atoms with Crippen molar-refractivity contribution in [1.29, 1.82) is 0 Å². The molecule has 2 aromatic carbocycles. The van der Waals surface area contributed by atoms with E-state index in [1.807, 2.05) is 53.9 Å². The Morgan fingerprint density at radius 3 is 1.81 bits per heavy atom. The van der Waals surface area contributed by atoms with Crippen molar-refractivity contribution in [3.8, 4) is 33.6 Å². The summed E-state index contributed by atoms with van der Waals surface area (Å²) in [6.07, 6.45) is 4.24. The zero-order chi connectivity index (χ0) is 40.1. The minimum atomic E-state index is -1.26. The number of aromatic nitrogens is 5. The smallest absolute Gasteiger partial charge is 0.407 e. The number of carboxylic acid groups (broad SMARTS) is 1. The van der Waals surface area contributed by atoms with Gasteiger partial charge in [0.2, 0.25) is 11.8 Å². The van der Waals surface area contributed by atoms with Gasteiger partial charge in [-0.15, -0.1) is 11.3 Å². The fraction of sp³-hybridized carbons (Fsp3) is 0.375. The molecule has 0 radical (unpaired) electrons. The SMILES string of the molecule is COC(=O)N[C@H](C(=O)N1CCC[C@H]1c1ncc(-c2ccc(-c3ccc(-c4cnc([C@@H]5CCCN5C(=O)[C@H](Cc5cscn5)NC(=O)O)[nH]4)cc3)cc2)[nH]1)[C@@H](C)OC. The predicted octanol–water partition coefficient (Wildman–Crippen LogP) is 5.56. The van der Waals surface area contributed by atoms with Gasteiger partial charge in [-0.2, -0.15) is 0 Å². The van der Waals surface area contributed by atoms with Crippen molar-refractivity contribution in [3.63, 3.8) is 0 Å². The molecule has 4 amide bonds. The number of nitrogens with zero attached hydrogens (tertiary/aromatic N) is 5. The Bertz CT molecular complexity index is 2170. The van der Waals surface area contributed by atoms with E-state index in [0.29, 0.717) is 36.9 Å². The maximum atomic E-state index is 13.6. The molecule has 0 spiro atoms. The molecular weight excluding hydrogens is 751 g/mol. The highest BCUT2D eigenvalue weighted by atomic mass is 32.1. The van der Waals surface area contributed by atoms with Gasteiger partial charge in [-0.25, -0.2) is 24.5 Å². The van der Waals surface area contributed by atoms with Gasteiger partial charge in [0.1, 0.15) is 23.7 Å². The molecule has 2 aliphatic rings. The van der Waals surface area contributed by atoms with E-state index in [4.69, 9.17) is 9.47 Å². The van der Waals surface area contributed by atoms with Crippen molar-refractivity contribution >= 4 is 35.3 Å². The number of ether oxygens (including phenoxy) is 2. The number of carbonyl (C=O) groups is 4. The van der Waals surface area contributed by atoms with Crippen LogP contribution in [0.4, 0.5) is 9.59 Å². The van der Waals surface area contributed by atoms with Crippen LogP contribution in [-0.4, -0.2) is 109 Å². The number of H-pyrrole nitrogens is 2. The maximum Gasteiger partial charge on any atom is 0.407 e. The molecule has 5 N–H and O–H groups in total. The van der Waals surface area contributed by atoms with Crippen LogP contribution in [0.3, 0.4) is 0 Å². The molecule has 2 saturated heterocycles. The molecule has 57 heavy (non-hydrogen) atoms. The summed E-state index contributed by atoms with van der Waals surface area (Å²) in [4.78, 5) is 74.6. The van der Waals surface area contributed by atoms with E-state index >= 15 is 0 Å². The minimum Gasteiger partial charge on any atom is -0.465 e. The number of likely N-dealkylation sites (tertiary alicyclic amines) is 2. The fourth-order valence-corrected chi connectivity index (χ4v) is 8.17. The number of hydrogen-bond donors (Lipinski definition) is 5. The van der Waals surface area contributed by atoms with E-state index < -0.39 is 30.4 Å². The third-order valence-corrected chi connectivity index (χ3v) is 11.3. The molecule has 0 unspecified atom stereocenters. The Morgan fingerprint density at radius 2 is 1.33 bits per heavy atom. The van der Waals surface area contributed by atoms with Crippen molar-refractivity contribution in [2.45, 2.75) is 69.3 Å². The highest BCUT2D eigenvalue weighted by Gasteiger charge is 2.39. The van der Waals surface area contributed by atoms with Gasteiger partial charge in [0, 0.05) is 32.0 Å². The molecule has 5 heterocycles. The van der Waals surface area contributed by atoms with Gasteiger partial charge in [-0.05, 0) is 54.9 Å². The fourth-order valence-electron chi connectivity index (χ4n) is 7.60. The van der Waals surface area contributed by atoms with Crippen molar-refractivity contribution in [2.75, 3.05) is 27.3 Å². The summed E-state index contributed by atoms with van der Waals surface area (Å²) in [5, 5.41) is 16.2. The Morgan fingerprint density at radius 1 is 0.807 bits per heavy atom. The number of thiazole rings is 1. The van der Waals surface area contributed by atoms with Gasteiger partial charge in [0.15, 0.2) is 0 Å². The van der Waals surface area contributed by atoms with Crippen molar-refractivity contribution in [3.05, 3.63) is 89.2 Å². The lowest BCUT2D eigenvalue weighted by molar-refractivity contribution is -0.137. The van der Waals surface area contributed by atoms with Crippen LogP contribution in [0.5, 0.6) is 0 Å². The van der Waals surface area contributed by atoms with Crippen LogP contribution in [0, 0.1) is 0 Å². The van der Waals surface area contributed by atoms with Crippen molar-refractivity contribution in [1.82, 2.24) is 45.4 Å². The van der Waals surface area contributed by atoms with Crippen LogP contribution >= 0.6 is 11.3 Å². The average Bonchev–Trinajstić information content (AvgIpc) is 4.08. The van der Waals surface area contributed by atoms with E-state index in [0.717, 1.165) is 52.9 Å². The normalized spacial score (nSPS) is 18.2. The maximum absolute atomic E-state index is 13.6. The van der Waals surface area contributed by atoms with E-state index in [9.17, 15) is 24.3 Å². The van der Waals surface area contributed by atoms with Crippen molar-refractivity contribution in [2.24, 2.45) is 0 Å². The van der Waals surface area contributed by atoms with E-state index in [1.165, 1.54) is 25.6 Å². The quantitative estimate of drug-likeness (QED) is 0.100. The molecule has 5 atom stereocenters. The lowest BCUT2D eigenvalue weighted by Gasteiger charge is -2.30. The molecule has 7 rings (SSSR count). The average molecular weight is 796 g/mol. The molecule has 2 aliphatic heterocycles. The van der Waals surface area contributed by atoms with Gasteiger partial charge < -0.3 is 45.0 Å². The Labute approximate surface area is 333 Å². The number of nitrogens with one attached hydrogen (secondary N) is 4. The standard InChI is InChI=1S/C40H45N9O7S/c1-23(55-2)34(47-40(54)56-3)38(51)49-17-5-7-33(49)36-42-20-31(45-36)27-14-10-25(11-15-27)24-8-12-26(13-9-24)30-19-41-35(44-30)32-6-4-16-48(32)37(50)29(46-39(52)53)18-28-21-57-22-43-28/h8-15,19-23,29,32-34,46H,4-7,16-18H2,1-3H3,(H,41,44)(H,42,45)(H,47,54)(H,52,53)/t23-,29+,32+,33+,34+/m1/s1. The molecule has 16 nitrogen and oxygen atoms in total. The highest BCUT2D eigenvalue weighted by molar-refractivity contribution is 7.07. The van der Waals surface area contributed by atoms with Gasteiger partial charge >= 0.3 is 12.2 Å². The summed E-state index contributed by atoms with van der Waals surface area (Å²) in [5.74, 6) is 0.791. The number of hydrogen-bond acceptors (Lipinski definition) is 10. The molecule has 0 aliphatic carbocycles. The van der Waals surface area contributed by atoms with Crippen LogP contribution in [0.2, 0.25) is 0 Å². The second-order valence-corrected chi connectivity index (χ2v) is 14.9. The molecule has 0 bridgehead atoms. The van der Waals surface area contributed by atoms with E-state index in [2.05, 4.69) is 35.6 Å². The summed E-state index contributed by atoms with van der Waals surface area (Å²) in [7, 11) is 2.75. The number of benzene rings is 2. The predicted molar refractivity (Wildman–Crippen MR) is 211 cm³/mol. The number of carbonyl (C=O) groups excluding carboxylic acids is 3. The monoisotopic (exact) mass is 795 g/mol. The number of alkyl carbamates (subject to hydrolysis) is 1. The number of methoxy groups -OCH3 is 2. The summed E-state index contributed by atoms with van der Waals surface area (Å²) < 4.78 is 10.1. The van der Waals surface area contributed by atoms with E-state index in [1.54, 1.807) is 34.6 Å². The second-order valence-electron chi connectivity index (χ2n) is 14.1. The van der Waals surface area contributed by atoms with Crippen LogP contribution in [-0.2, 0) is 25.5 Å². The van der Waals surface area contributed by atoms with Crippen LogP contribution in [0.15, 0.2) is 71.8 Å². The lowest BCUT2D eigenvalue weighted by atomic mass is 10.0. The third-order valence-electron chi connectivity index (χ3n) is 10.7. The zero-order valence-corrected chi connectivity index (χ0v) is 32.6. The Kier molecular flexibility index (Phi) is 11.9. The first kappa shape index (κ1) is 39.2. The van der Waals surface area contributed by atoms with Crippen LogP contribution in [0.1, 0.15) is 62.0 Å². The molecular formula is C40H45N9O7S. The van der Waals surface area contributed by atoms with Crippen molar-refractivity contribution < 1.29 is 33.8 Å². The number of rotatable bonds is 13. The molecule has 2 fully saturated rings. The molecule has 3 aromatic heterocycles. The summed E-state index contributed by atoms with van der Waals surface area (Å²) in [6, 6.07) is 13.9. The zero-order valence-electron chi connectivity index (χ0n) is 31.8. The van der Waals surface area contributed by atoms with Gasteiger partial charge in [0.25, 0.3) is 0 Å². The van der Waals surface area contributed by atoms with E-state index in [-0.39, 0.29) is 30.3 Å². The summed E-state index contributed by atoms with van der Waals surface area (Å²) in [6.45, 7) is 2.77. The van der Waals surface area contributed by atoms with Crippen LogP contribution < -0.4 is 10.6 Å². The minimum absolute atomic E-state index is 0.179. The Balaban J connectivity index is 0.999. The third kappa shape index (κ3) is 8.68. The van der Waals surface area contributed by atoms with Gasteiger partial charge in [0.05, 0.1) is 60.3 Å². The number of aromatic amines is 2. The number of amides is 4.